The normalized spacial score (nSPS) is 19.5. The molecule has 0 bridgehead atoms. The van der Waals surface area contributed by atoms with Crippen LogP contribution in [0.3, 0.4) is 0 Å². The number of thioether (sulfide) groups is 1. The van der Waals surface area contributed by atoms with Crippen molar-refractivity contribution in [2.45, 2.75) is 18.0 Å². The molecule has 2 amide bonds. The van der Waals surface area contributed by atoms with Crippen molar-refractivity contribution in [3.63, 3.8) is 0 Å². The van der Waals surface area contributed by atoms with Gasteiger partial charge in [0.25, 0.3) is 11.8 Å². The number of carbonyl (C=O) groups excluding carboxylic acids is 2. The lowest BCUT2D eigenvalue weighted by Crippen LogP contribution is -2.71. The number of thiazole rings is 1. The third kappa shape index (κ3) is 4.58. The third-order valence-electron chi connectivity index (χ3n) is 5.16. The van der Waals surface area contributed by atoms with Crippen LogP contribution in [0.5, 0.6) is 5.75 Å². The van der Waals surface area contributed by atoms with Gasteiger partial charge in [0.2, 0.25) is 5.43 Å². The van der Waals surface area contributed by atoms with E-state index in [1.807, 2.05) is 0 Å². The first-order valence-corrected chi connectivity index (χ1v) is 11.9. The maximum absolute atomic E-state index is 13.0. The Bertz CT molecular complexity index is 1370. The van der Waals surface area contributed by atoms with Gasteiger partial charge in [-0.3, -0.25) is 19.3 Å². The SMILES string of the molecule is Nc1nc(/C(=N\OCc2cc(=O)c(O)cn2O)C(=O)N[C@@H]2C(=O)N3C(C(=O)O)=C(CO)CS[C@H]23)cs1. The molecule has 7 N–H and O–H groups in total. The van der Waals surface area contributed by atoms with Gasteiger partial charge in [0.1, 0.15) is 28.5 Å². The van der Waals surface area contributed by atoms with Gasteiger partial charge in [-0.1, -0.05) is 5.16 Å². The van der Waals surface area contributed by atoms with Crippen LogP contribution in [-0.4, -0.2) is 82.4 Å². The largest absolute Gasteiger partial charge is 0.503 e. The van der Waals surface area contributed by atoms with E-state index in [1.165, 1.54) is 17.1 Å². The van der Waals surface area contributed by atoms with E-state index in [2.05, 4.69) is 15.5 Å². The molecule has 36 heavy (non-hydrogen) atoms. The molecule has 17 heteroatoms. The number of aliphatic carboxylic acids is 1. The summed E-state index contributed by atoms with van der Waals surface area (Å²) in [6.45, 7) is -1.00. The second kappa shape index (κ2) is 9.88. The van der Waals surface area contributed by atoms with Gasteiger partial charge in [-0.2, -0.15) is 4.73 Å². The highest BCUT2D eigenvalue weighted by molar-refractivity contribution is 8.00. The van der Waals surface area contributed by atoms with Gasteiger partial charge in [-0.05, 0) is 5.57 Å². The molecule has 1 fully saturated rings. The molecule has 2 atom stereocenters. The summed E-state index contributed by atoms with van der Waals surface area (Å²) in [4.78, 5) is 59.1. The molecule has 0 radical (unpaired) electrons. The highest BCUT2D eigenvalue weighted by atomic mass is 32.2. The zero-order valence-electron chi connectivity index (χ0n) is 18.0. The molecule has 4 rings (SSSR count). The predicted molar refractivity (Wildman–Crippen MR) is 124 cm³/mol. The molecule has 1 saturated heterocycles. The fraction of sp³-hybridized carbons (Fsp3) is 0.263. The van der Waals surface area contributed by atoms with E-state index in [-0.39, 0.29) is 39.3 Å². The van der Waals surface area contributed by atoms with Crippen LogP contribution < -0.4 is 16.5 Å². The Morgan fingerprint density at radius 1 is 1.36 bits per heavy atom. The molecule has 0 spiro atoms. The van der Waals surface area contributed by atoms with E-state index >= 15 is 0 Å². The second-order valence-electron chi connectivity index (χ2n) is 7.42. The average Bonchev–Trinajstić information content (AvgIpc) is 3.27. The first-order valence-electron chi connectivity index (χ1n) is 9.99. The number of aromatic hydroxyl groups is 1. The number of oxime groups is 1. The lowest BCUT2D eigenvalue weighted by molar-refractivity contribution is -0.150. The molecule has 2 aromatic rings. The fourth-order valence-electron chi connectivity index (χ4n) is 3.44. The monoisotopic (exact) mass is 538 g/mol. The van der Waals surface area contributed by atoms with Crippen LogP contribution in [0.1, 0.15) is 11.4 Å². The van der Waals surface area contributed by atoms with Crippen molar-refractivity contribution < 1.29 is 39.7 Å². The summed E-state index contributed by atoms with van der Waals surface area (Å²) in [6.07, 6.45) is 0.761. The van der Waals surface area contributed by atoms with Crippen LogP contribution in [0.2, 0.25) is 0 Å². The topological polar surface area (TPSA) is 230 Å². The van der Waals surface area contributed by atoms with Gasteiger partial charge in [0.05, 0.1) is 12.8 Å². The predicted octanol–water partition coefficient (Wildman–Crippen LogP) is -1.52. The molecular formula is C19H18N6O9S2. The summed E-state index contributed by atoms with van der Waals surface area (Å²) in [7, 11) is 0. The lowest BCUT2D eigenvalue weighted by atomic mass is 10.0. The van der Waals surface area contributed by atoms with Crippen molar-refractivity contribution in [2.75, 3.05) is 18.1 Å². The summed E-state index contributed by atoms with van der Waals surface area (Å²) >= 11 is 2.19. The number of aliphatic hydroxyl groups is 1. The number of nitrogens with zero attached hydrogens (tertiary/aromatic N) is 4. The molecule has 0 unspecified atom stereocenters. The number of aromatic nitrogens is 2. The number of nitrogens with two attached hydrogens (primary N) is 1. The van der Waals surface area contributed by atoms with Crippen LogP contribution in [0.4, 0.5) is 5.13 Å². The highest BCUT2D eigenvalue weighted by Gasteiger charge is 2.54. The third-order valence-corrected chi connectivity index (χ3v) is 7.18. The van der Waals surface area contributed by atoms with Crippen LogP contribution in [-0.2, 0) is 25.8 Å². The van der Waals surface area contributed by atoms with Crippen LogP contribution in [0.15, 0.2) is 38.9 Å². The van der Waals surface area contributed by atoms with Crippen LogP contribution in [0, 0.1) is 0 Å². The Kier molecular flexibility index (Phi) is 6.86. The molecule has 2 aliphatic heterocycles. The molecule has 4 heterocycles. The van der Waals surface area contributed by atoms with E-state index in [0.29, 0.717) is 4.73 Å². The standard InChI is InChI=1S/C19H18N6O9S2/c20-19-21-9(6-36-19)12(23-34-4-8-1-10(27)11(28)2-24(8)33)15(29)22-13-16(30)25-14(18(31)32)7(3-26)5-35-17(13)25/h1-2,6,13,17,26,28,33H,3-5H2,(H2,20,21)(H,22,29)(H,31,32)/b23-12+/t13-,17-/m1/s1. The number of nitrogens with one attached hydrogen (secondary N) is 1. The number of pyridine rings is 1. The van der Waals surface area contributed by atoms with Gasteiger partial charge in [-0.25, -0.2) is 9.78 Å². The second-order valence-corrected chi connectivity index (χ2v) is 9.41. The van der Waals surface area contributed by atoms with Crippen molar-refractivity contribution in [1.82, 2.24) is 19.9 Å². The molecular weight excluding hydrogens is 520 g/mol. The summed E-state index contributed by atoms with van der Waals surface area (Å²) in [5.41, 5.74) is 4.31. The summed E-state index contributed by atoms with van der Waals surface area (Å²) in [5, 5.41) is 45.1. The number of carbonyl (C=O) groups is 3. The van der Waals surface area contributed by atoms with E-state index in [4.69, 9.17) is 10.6 Å². The van der Waals surface area contributed by atoms with Gasteiger partial charge >= 0.3 is 5.97 Å². The van der Waals surface area contributed by atoms with Gasteiger partial charge in [0.15, 0.2) is 23.2 Å². The zero-order chi connectivity index (χ0) is 26.1. The molecule has 2 aromatic heterocycles. The number of hydrogen-bond donors (Lipinski definition) is 6. The Morgan fingerprint density at radius 2 is 2.11 bits per heavy atom. The summed E-state index contributed by atoms with van der Waals surface area (Å²) < 4.78 is 0.447. The quantitative estimate of drug-likeness (QED) is 0.0974. The molecule has 0 aromatic carbocycles. The number of carboxylic acid groups (broad SMARTS) is 1. The number of hydrogen-bond acceptors (Lipinski definition) is 13. The maximum Gasteiger partial charge on any atom is 0.352 e. The van der Waals surface area contributed by atoms with Crippen molar-refractivity contribution in [2.24, 2.45) is 5.16 Å². The molecule has 0 saturated carbocycles. The van der Waals surface area contributed by atoms with Crippen molar-refractivity contribution >= 4 is 51.7 Å². The van der Waals surface area contributed by atoms with Gasteiger partial charge in [0, 0.05) is 17.2 Å². The fourth-order valence-corrected chi connectivity index (χ4v) is 5.32. The van der Waals surface area contributed by atoms with Crippen LogP contribution in [0.25, 0.3) is 0 Å². The minimum Gasteiger partial charge on any atom is -0.503 e. The Hall–Kier alpha value is -4.09. The molecule has 15 nitrogen and oxygen atoms in total. The average molecular weight is 539 g/mol. The number of anilines is 1. The summed E-state index contributed by atoms with van der Waals surface area (Å²) in [6, 6.07) is -0.181. The van der Waals surface area contributed by atoms with Gasteiger partial charge in [-0.15, -0.1) is 23.1 Å². The smallest absolute Gasteiger partial charge is 0.352 e. The number of rotatable bonds is 8. The Balaban J connectivity index is 1.53. The Morgan fingerprint density at radius 3 is 2.75 bits per heavy atom. The number of carboxylic acids is 1. The molecule has 0 aliphatic carbocycles. The first-order chi connectivity index (χ1) is 17.1. The van der Waals surface area contributed by atoms with Gasteiger partial charge < -0.3 is 36.4 Å². The number of fused-ring (bicyclic) bond motifs is 1. The zero-order valence-corrected chi connectivity index (χ0v) is 19.7. The number of nitrogen functional groups attached to an aromatic ring is 1. The minimum absolute atomic E-state index is 0.0238. The molecule has 190 valence electrons. The van der Waals surface area contributed by atoms with E-state index in [9.17, 15) is 39.7 Å². The first kappa shape index (κ1) is 25.0. The molecule has 2 aliphatic rings. The Labute approximate surface area is 209 Å². The number of amides is 2. The maximum atomic E-state index is 13.0. The highest BCUT2D eigenvalue weighted by Crippen LogP contribution is 2.40. The van der Waals surface area contributed by atoms with Crippen molar-refractivity contribution in [3.8, 4) is 5.75 Å². The van der Waals surface area contributed by atoms with Crippen molar-refractivity contribution in [1.29, 1.82) is 0 Å². The number of β-lactam (4-membered cyclic amide) rings is 1. The van der Waals surface area contributed by atoms with Crippen LogP contribution >= 0.6 is 23.1 Å². The van der Waals surface area contributed by atoms with E-state index < -0.39 is 53.6 Å². The summed E-state index contributed by atoms with van der Waals surface area (Å²) in [5.74, 6) is -3.46. The van der Waals surface area contributed by atoms with E-state index in [1.54, 1.807) is 0 Å². The minimum atomic E-state index is -1.37. The number of aliphatic hydroxyl groups excluding tert-OH is 1. The van der Waals surface area contributed by atoms with E-state index in [0.717, 1.165) is 28.5 Å². The lowest BCUT2D eigenvalue weighted by Gasteiger charge is -2.49. The van der Waals surface area contributed by atoms with Crippen molar-refractivity contribution in [3.05, 3.63) is 50.5 Å².